The molecule has 41 heavy (non-hydrogen) atoms. The first-order chi connectivity index (χ1) is 19.8. The highest BCUT2D eigenvalue weighted by Crippen LogP contribution is 2.44. The van der Waals surface area contributed by atoms with Crippen LogP contribution in [0.1, 0.15) is 19.0 Å². The number of aryl methyl sites for hydroxylation is 2. The molecular formula is C29H30FN9O2. The number of hydrogen-bond donors (Lipinski definition) is 1. The lowest BCUT2D eigenvalue weighted by atomic mass is 9.79. The van der Waals surface area contributed by atoms with Gasteiger partial charge in [-0.25, -0.2) is 19.3 Å². The molecule has 4 aromatic rings. The molecule has 0 bridgehead atoms. The summed E-state index contributed by atoms with van der Waals surface area (Å²) in [4.78, 5) is 33.8. The lowest BCUT2D eigenvalue weighted by Crippen LogP contribution is -2.58. The van der Waals surface area contributed by atoms with Crippen molar-refractivity contribution in [2.24, 2.45) is 5.41 Å². The van der Waals surface area contributed by atoms with Crippen molar-refractivity contribution in [3.63, 3.8) is 0 Å². The van der Waals surface area contributed by atoms with E-state index in [1.165, 1.54) is 12.1 Å². The zero-order valence-electron chi connectivity index (χ0n) is 22.9. The molecule has 0 aliphatic carbocycles. The van der Waals surface area contributed by atoms with E-state index >= 15 is 4.39 Å². The molecule has 2 fully saturated rings. The third kappa shape index (κ3) is 5.32. The number of anilines is 3. The molecule has 1 spiro atoms. The van der Waals surface area contributed by atoms with Crippen molar-refractivity contribution in [3.8, 4) is 22.9 Å². The Bertz CT molecular complexity index is 1620. The number of rotatable bonds is 8. The maximum absolute atomic E-state index is 15.2. The van der Waals surface area contributed by atoms with Crippen LogP contribution < -0.4 is 15.0 Å². The van der Waals surface area contributed by atoms with Crippen LogP contribution >= 0.6 is 0 Å². The summed E-state index contributed by atoms with van der Waals surface area (Å²) in [7, 11) is 0. The summed E-state index contributed by atoms with van der Waals surface area (Å²) in [6, 6.07) is 6.54. The van der Waals surface area contributed by atoms with Gasteiger partial charge < -0.3 is 19.9 Å². The molecular weight excluding hydrogens is 525 g/mol. The topological polar surface area (TPSA) is 114 Å². The second-order valence-corrected chi connectivity index (χ2v) is 10.4. The number of hydrogen-bond acceptors (Lipinski definition) is 9. The minimum absolute atomic E-state index is 0.00644. The van der Waals surface area contributed by atoms with E-state index in [9.17, 15) is 4.79 Å². The second-order valence-electron chi connectivity index (χ2n) is 10.4. The molecule has 6 rings (SSSR count). The Morgan fingerprint density at radius 3 is 2.78 bits per heavy atom. The number of benzene rings is 1. The van der Waals surface area contributed by atoms with Crippen LogP contribution in [0.25, 0.3) is 11.1 Å². The number of amides is 1. The third-order valence-corrected chi connectivity index (χ3v) is 7.48. The van der Waals surface area contributed by atoms with E-state index in [1.54, 1.807) is 41.5 Å². The van der Waals surface area contributed by atoms with Crippen LogP contribution in [0, 0.1) is 18.2 Å². The molecule has 11 nitrogen and oxygen atoms in total. The van der Waals surface area contributed by atoms with E-state index in [-0.39, 0.29) is 23.1 Å². The van der Waals surface area contributed by atoms with E-state index < -0.39 is 5.82 Å². The zero-order valence-corrected chi connectivity index (χ0v) is 22.9. The molecule has 0 unspecified atom stereocenters. The van der Waals surface area contributed by atoms with Gasteiger partial charge in [0, 0.05) is 68.0 Å². The molecule has 1 N–H and O–H groups in total. The molecule has 2 aliphatic rings. The predicted octanol–water partition coefficient (Wildman–Crippen LogP) is 4.36. The van der Waals surface area contributed by atoms with Gasteiger partial charge in [-0.05, 0) is 50.1 Å². The van der Waals surface area contributed by atoms with Crippen LogP contribution in [0.15, 0.2) is 61.7 Å². The summed E-state index contributed by atoms with van der Waals surface area (Å²) in [6.07, 6.45) is 9.13. The molecule has 1 amide bonds. The van der Waals surface area contributed by atoms with Gasteiger partial charge in [0.25, 0.3) is 0 Å². The van der Waals surface area contributed by atoms with E-state index in [1.807, 2.05) is 24.9 Å². The number of ether oxygens (including phenoxy) is 1. The van der Waals surface area contributed by atoms with Crippen molar-refractivity contribution in [3.05, 3.63) is 73.2 Å². The van der Waals surface area contributed by atoms with Crippen LogP contribution in [0.4, 0.5) is 21.8 Å². The first-order valence-corrected chi connectivity index (χ1v) is 13.4. The average Bonchev–Trinajstić information content (AvgIpc) is 3.61. The van der Waals surface area contributed by atoms with Crippen LogP contribution in [0.3, 0.4) is 0 Å². The lowest BCUT2D eigenvalue weighted by molar-refractivity contribution is -0.125. The Morgan fingerprint density at radius 1 is 1.20 bits per heavy atom. The molecule has 2 aliphatic heterocycles. The van der Waals surface area contributed by atoms with Crippen molar-refractivity contribution in [1.82, 2.24) is 34.6 Å². The largest absolute Gasteiger partial charge is 0.421 e. The van der Waals surface area contributed by atoms with Crippen molar-refractivity contribution in [1.29, 1.82) is 0 Å². The Kier molecular flexibility index (Phi) is 6.82. The quantitative estimate of drug-likeness (QED) is 0.317. The summed E-state index contributed by atoms with van der Waals surface area (Å²) >= 11 is 0. The summed E-state index contributed by atoms with van der Waals surface area (Å²) in [5, 5.41) is 7.52. The second kappa shape index (κ2) is 10.6. The maximum atomic E-state index is 15.2. The van der Waals surface area contributed by atoms with Crippen LogP contribution in [0.5, 0.6) is 11.8 Å². The average molecular weight is 556 g/mol. The molecule has 1 aromatic carbocycles. The van der Waals surface area contributed by atoms with Crippen LogP contribution in [-0.2, 0) is 11.3 Å². The van der Waals surface area contributed by atoms with E-state index in [0.717, 1.165) is 37.4 Å². The fraction of sp³-hybridized carbons (Fsp3) is 0.310. The summed E-state index contributed by atoms with van der Waals surface area (Å²) in [5.41, 5.74) is 2.77. The van der Waals surface area contributed by atoms with Gasteiger partial charge in [0.05, 0.1) is 11.9 Å². The van der Waals surface area contributed by atoms with Gasteiger partial charge >= 0.3 is 6.01 Å². The smallest absolute Gasteiger partial charge is 0.322 e. The fourth-order valence-electron chi connectivity index (χ4n) is 5.36. The Labute approximate surface area is 236 Å². The molecule has 2 saturated heterocycles. The zero-order chi connectivity index (χ0) is 28.6. The van der Waals surface area contributed by atoms with Crippen molar-refractivity contribution < 1.29 is 13.9 Å². The lowest BCUT2D eigenvalue weighted by Gasteiger charge is -2.49. The highest BCUT2D eigenvalue weighted by atomic mass is 19.1. The van der Waals surface area contributed by atoms with Crippen molar-refractivity contribution in [2.45, 2.75) is 26.8 Å². The third-order valence-electron chi connectivity index (χ3n) is 7.48. The molecule has 12 heteroatoms. The first kappa shape index (κ1) is 26.4. The highest BCUT2D eigenvalue weighted by molar-refractivity contribution is 5.87. The van der Waals surface area contributed by atoms with Gasteiger partial charge in [0.1, 0.15) is 5.82 Å². The number of carbonyl (C=O) groups excluding carboxylic acids is 1. The van der Waals surface area contributed by atoms with E-state index in [2.05, 4.69) is 36.8 Å². The minimum atomic E-state index is -0.554. The molecule has 0 atom stereocenters. The first-order valence-electron chi connectivity index (χ1n) is 13.4. The SMILES string of the molecule is C=CC(=O)N1CCC2(C1)CN(c1nc(Nc3cnn(CC)c3)ncc1-c1ccc(Oc3nccc(C)n3)c(F)c1)C2. The van der Waals surface area contributed by atoms with Gasteiger partial charge in [-0.15, -0.1) is 0 Å². The molecule has 0 radical (unpaired) electrons. The van der Waals surface area contributed by atoms with Gasteiger partial charge in [-0.2, -0.15) is 10.1 Å². The van der Waals surface area contributed by atoms with Crippen molar-refractivity contribution in [2.75, 3.05) is 36.4 Å². The number of aromatic nitrogens is 6. The van der Waals surface area contributed by atoms with Gasteiger partial charge in [0.15, 0.2) is 11.6 Å². The standard InChI is InChI=1S/C29H30FN9O2/c1-4-25(40)37-11-9-29(16-37)17-38(18-29)26-22(14-32-27(36-26)35-21-13-33-39(5-2)15-21)20-6-7-24(23(30)12-20)41-28-31-10-8-19(3)34-28/h4,6-8,10,12-15H,1,5,9,11,16-18H2,2-3H3,(H,32,35,36). The molecule has 0 saturated carbocycles. The maximum Gasteiger partial charge on any atom is 0.322 e. The summed E-state index contributed by atoms with van der Waals surface area (Å²) in [6.45, 7) is 11.0. The van der Waals surface area contributed by atoms with E-state index in [0.29, 0.717) is 36.0 Å². The Balaban J connectivity index is 1.29. The van der Waals surface area contributed by atoms with Gasteiger partial charge in [0.2, 0.25) is 11.9 Å². The monoisotopic (exact) mass is 555 g/mol. The number of nitrogens with zero attached hydrogens (tertiary/aromatic N) is 8. The summed E-state index contributed by atoms with van der Waals surface area (Å²) < 4.78 is 22.6. The predicted molar refractivity (Wildman–Crippen MR) is 151 cm³/mol. The Morgan fingerprint density at radius 2 is 2.05 bits per heavy atom. The molecule has 5 heterocycles. The normalized spacial score (nSPS) is 15.6. The summed E-state index contributed by atoms with van der Waals surface area (Å²) in [5.74, 6) is 0.513. The Hall–Kier alpha value is -4.87. The van der Waals surface area contributed by atoms with E-state index in [4.69, 9.17) is 9.72 Å². The highest BCUT2D eigenvalue weighted by Gasteiger charge is 2.49. The number of halogens is 1. The van der Waals surface area contributed by atoms with Crippen molar-refractivity contribution >= 4 is 23.4 Å². The number of nitrogens with one attached hydrogen (secondary N) is 1. The van der Waals surface area contributed by atoms with Gasteiger partial charge in [-0.3, -0.25) is 9.48 Å². The number of carbonyl (C=O) groups is 1. The number of likely N-dealkylation sites (tertiary alicyclic amines) is 1. The van der Waals surface area contributed by atoms with Gasteiger partial charge in [-0.1, -0.05) is 12.6 Å². The minimum Gasteiger partial charge on any atom is -0.421 e. The molecule has 210 valence electrons. The molecule has 3 aromatic heterocycles. The van der Waals surface area contributed by atoms with Crippen LogP contribution in [0.2, 0.25) is 0 Å². The van der Waals surface area contributed by atoms with Crippen LogP contribution in [-0.4, -0.2) is 66.7 Å². The fourth-order valence-corrected chi connectivity index (χ4v) is 5.36.